The van der Waals surface area contributed by atoms with Gasteiger partial charge in [0.2, 0.25) is 5.91 Å². The fourth-order valence-corrected chi connectivity index (χ4v) is 1.80. The van der Waals surface area contributed by atoms with Crippen molar-refractivity contribution in [2.45, 2.75) is 19.6 Å². The van der Waals surface area contributed by atoms with E-state index in [0.29, 0.717) is 11.0 Å². The normalized spacial score (nSPS) is 11.8. The lowest BCUT2D eigenvalue weighted by Gasteiger charge is -2.11. The molecule has 0 fully saturated rings. The molecule has 0 spiro atoms. The molecule has 0 saturated heterocycles. The van der Waals surface area contributed by atoms with E-state index in [2.05, 4.69) is 5.32 Å². The third-order valence-corrected chi connectivity index (χ3v) is 2.79. The van der Waals surface area contributed by atoms with E-state index in [0.717, 1.165) is 11.8 Å². The zero-order chi connectivity index (χ0) is 14.7. The van der Waals surface area contributed by atoms with Crippen LogP contribution in [0.25, 0.3) is 11.0 Å². The number of amides is 1. The summed E-state index contributed by atoms with van der Waals surface area (Å²) >= 11 is 0. The second kappa shape index (κ2) is 5.55. The summed E-state index contributed by atoms with van der Waals surface area (Å²) < 4.78 is 5.26. The van der Waals surface area contributed by atoms with Crippen LogP contribution in [0.3, 0.4) is 0 Å². The molecule has 6 nitrogen and oxygen atoms in total. The van der Waals surface area contributed by atoms with E-state index in [9.17, 15) is 14.7 Å². The van der Waals surface area contributed by atoms with Gasteiger partial charge in [-0.25, -0.2) is 0 Å². The Balaban J connectivity index is 2.40. The smallest absolute Gasteiger partial charge is 0.236 e. The zero-order valence-corrected chi connectivity index (χ0v) is 10.7. The van der Waals surface area contributed by atoms with Crippen molar-refractivity contribution in [2.75, 3.05) is 0 Å². The quantitative estimate of drug-likeness (QED) is 0.815. The first-order valence-corrected chi connectivity index (χ1v) is 5.89. The van der Waals surface area contributed by atoms with Gasteiger partial charge >= 0.3 is 0 Å². The minimum absolute atomic E-state index is 0.0746. The number of hydrogen-bond acceptors (Lipinski definition) is 5. The highest BCUT2D eigenvalue weighted by Crippen LogP contribution is 2.15. The van der Waals surface area contributed by atoms with Crippen molar-refractivity contribution in [3.63, 3.8) is 0 Å². The highest BCUT2D eigenvalue weighted by atomic mass is 16.3. The average Bonchev–Trinajstić information content (AvgIpc) is 2.40. The number of nitrogens with one attached hydrogen (secondary N) is 1. The molecule has 20 heavy (non-hydrogen) atoms. The molecule has 1 heterocycles. The molecule has 0 bridgehead atoms. The molecular formula is C14H12N2O4. The molecule has 102 valence electrons. The van der Waals surface area contributed by atoms with E-state index >= 15 is 0 Å². The first-order valence-electron chi connectivity index (χ1n) is 5.89. The minimum atomic E-state index is -1.50. The molecule has 0 saturated carbocycles. The van der Waals surface area contributed by atoms with E-state index in [1.54, 1.807) is 24.3 Å². The zero-order valence-electron chi connectivity index (χ0n) is 10.7. The highest BCUT2D eigenvalue weighted by Gasteiger charge is 2.17. The SMILES string of the molecule is Cc1ccc2occ(C(O)NC(=O)CC#N)c(=O)c2c1. The predicted octanol–water partition coefficient (Wildman–Crippen LogP) is 1.12. The third kappa shape index (κ3) is 2.68. The second-order valence-corrected chi connectivity index (χ2v) is 4.32. The van der Waals surface area contributed by atoms with Crippen molar-refractivity contribution in [1.29, 1.82) is 5.26 Å². The Morgan fingerprint density at radius 2 is 2.30 bits per heavy atom. The number of benzene rings is 1. The van der Waals surface area contributed by atoms with Gasteiger partial charge in [0, 0.05) is 0 Å². The first-order chi connectivity index (χ1) is 9.52. The molecule has 0 aliphatic heterocycles. The molecule has 1 aromatic heterocycles. The Morgan fingerprint density at radius 3 is 3.00 bits per heavy atom. The number of fused-ring (bicyclic) bond motifs is 1. The summed E-state index contributed by atoms with van der Waals surface area (Å²) in [5.41, 5.74) is 0.791. The first kappa shape index (κ1) is 13.8. The molecule has 1 atom stereocenters. The van der Waals surface area contributed by atoms with Crippen LogP contribution in [0.4, 0.5) is 0 Å². The number of nitriles is 1. The molecule has 0 aliphatic carbocycles. The summed E-state index contributed by atoms with van der Waals surface area (Å²) in [4.78, 5) is 23.5. The number of nitrogens with zero attached hydrogens (tertiary/aromatic N) is 1. The number of carbonyl (C=O) groups is 1. The lowest BCUT2D eigenvalue weighted by Crippen LogP contribution is -2.31. The molecule has 1 amide bonds. The highest BCUT2D eigenvalue weighted by molar-refractivity contribution is 5.79. The van der Waals surface area contributed by atoms with Crippen molar-refractivity contribution in [3.05, 3.63) is 45.8 Å². The number of rotatable bonds is 3. The molecule has 1 aromatic carbocycles. The van der Waals surface area contributed by atoms with Crippen LogP contribution in [0.1, 0.15) is 23.8 Å². The fraction of sp³-hybridized carbons (Fsp3) is 0.214. The van der Waals surface area contributed by atoms with Gasteiger partial charge in [-0.05, 0) is 19.1 Å². The van der Waals surface area contributed by atoms with E-state index in [-0.39, 0.29) is 5.56 Å². The number of hydrogen-bond donors (Lipinski definition) is 2. The maximum absolute atomic E-state index is 12.2. The van der Waals surface area contributed by atoms with Gasteiger partial charge in [0.05, 0.1) is 17.0 Å². The monoisotopic (exact) mass is 272 g/mol. The van der Waals surface area contributed by atoms with Gasteiger partial charge in [-0.15, -0.1) is 0 Å². The van der Waals surface area contributed by atoms with Crippen LogP contribution >= 0.6 is 0 Å². The van der Waals surface area contributed by atoms with Crippen molar-refractivity contribution in [1.82, 2.24) is 5.32 Å². The van der Waals surface area contributed by atoms with Crippen molar-refractivity contribution < 1.29 is 14.3 Å². The summed E-state index contributed by atoms with van der Waals surface area (Å²) in [6, 6.07) is 6.76. The van der Waals surface area contributed by atoms with E-state index in [1.165, 1.54) is 0 Å². The molecule has 6 heteroatoms. The van der Waals surface area contributed by atoms with Crippen LogP contribution in [0.15, 0.2) is 33.7 Å². The van der Waals surface area contributed by atoms with Crippen LogP contribution in [0.2, 0.25) is 0 Å². The number of carbonyl (C=O) groups excluding carboxylic acids is 1. The molecule has 0 radical (unpaired) electrons. The Hall–Kier alpha value is -2.65. The summed E-state index contributed by atoms with van der Waals surface area (Å²) in [5, 5.41) is 20.7. The van der Waals surface area contributed by atoms with Gasteiger partial charge in [-0.1, -0.05) is 11.6 Å². The molecule has 2 N–H and O–H groups in total. The summed E-state index contributed by atoms with van der Waals surface area (Å²) in [6.45, 7) is 1.83. The molecule has 1 unspecified atom stereocenters. The lowest BCUT2D eigenvalue weighted by molar-refractivity contribution is -0.123. The topological polar surface area (TPSA) is 103 Å². The van der Waals surface area contributed by atoms with E-state index < -0.39 is 24.0 Å². The third-order valence-electron chi connectivity index (χ3n) is 2.79. The molecule has 2 rings (SSSR count). The molecule has 2 aromatic rings. The van der Waals surface area contributed by atoms with Crippen LogP contribution in [0.5, 0.6) is 0 Å². The minimum Gasteiger partial charge on any atom is -0.464 e. The van der Waals surface area contributed by atoms with Crippen LogP contribution in [0, 0.1) is 18.3 Å². The van der Waals surface area contributed by atoms with Gasteiger partial charge in [0.15, 0.2) is 11.7 Å². The standard InChI is InChI=1S/C14H12N2O4/c1-8-2-3-11-9(6-8)13(18)10(7-20-11)14(19)16-12(17)4-5-15/h2-3,6-7,14,19H,4H2,1H3,(H,16,17). The van der Waals surface area contributed by atoms with E-state index in [1.807, 2.05) is 6.92 Å². The summed E-state index contributed by atoms with van der Waals surface area (Å²) in [7, 11) is 0. The maximum Gasteiger partial charge on any atom is 0.236 e. The van der Waals surface area contributed by atoms with Crippen molar-refractivity contribution >= 4 is 16.9 Å². The Morgan fingerprint density at radius 1 is 1.55 bits per heavy atom. The maximum atomic E-state index is 12.2. The van der Waals surface area contributed by atoms with Crippen LogP contribution < -0.4 is 10.7 Å². The number of aryl methyl sites for hydroxylation is 1. The predicted molar refractivity (Wildman–Crippen MR) is 70.6 cm³/mol. The Labute approximate surface area is 114 Å². The van der Waals surface area contributed by atoms with Gasteiger partial charge < -0.3 is 14.8 Å². The van der Waals surface area contributed by atoms with Gasteiger partial charge in [-0.3, -0.25) is 9.59 Å². The van der Waals surface area contributed by atoms with Crippen LogP contribution in [-0.4, -0.2) is 11.0 Å². The largest absolute Gasteiger partial charge is 0.464 e. The molecule has 0 aliphatic rings. The number of aliphatic hydroxyl groups excluding tert-OH is 1. The van der Waals surface area contributed by atoms with Gasteiger partial charge in [0.25, 0.3) is 0 Å². The van der Waals surface area contributed by atoms with Crippen LogP contribution in [-0.2, 0) is 4.79 Å². The summed E-state index contributed by atoms with van der Waals surface area (Å²) in [6.07, 6.45) is -0.788. The van der Waals surface area contributed by atoms with Gasteiger partial charge in [-0.2, -0.15) is 5.26 Å². The Bertz CT molecular complexity index is 758. The Kier molecular flexibility index (Phi) is 3.82. The summed E-state index contributed by atoms with van der Waals surface area (Å²) in [5.74, 6) is -0.663. The molecular weight excluding hydrogens is 260 g/mol. The van der Waals surface area contributed by atoms with E-state index in [4.69, 9.17) is 9.68 Å². The van der Waals surface area contributed by atoms with Crippen molar-refractivity contribution in [2.24, 2.45) is 0 Å². The number of aliphatic hydroxyl groups is 1. The van der Waals surface area contributed by atoms with Gasteiger partial charge in [0.1, 0.15) is 18.3 Å². The van der Waals surface area contributed by atoms with Crippen molar-refractivity contribution in [3.8, 4) is 6.07 Å². The average molecular weight is 272 g/mol. The second-order valence-electron chi connectivity index (χ2n) is 4.32. The fourth-order valence-electron chi connectivity index (χ4n) is 1.80. The lowest BCUT2D eigenvalue weighted by atomic mass is 10.1.